The van der Waals surface area contributed by atoms with Crippen molar-refractivity contribution in [3.8, 4) is 0 Å². The molecule has 78 valence electrons. The molecule has 0 amide bonds. The summed E-state index contributed by atoms with van der Waals surface area (Å²) in [5.74, 6) is 0.967. The van der Waals surface area contributed by atoms with E-state index in [0.717, 1.165) is 38.2 Å². The summed E-state index contributed by atoms with van der Waals surface area (Å²) in [6.45, 7) is 3.90. The number of nitrogens with one attached hydrogen (secondary N) is 1. The zero-order chi connectivity index (χ0) is 9.97. The van der Waals surface area contributed by atoms with Crippen LogP contribution in [0.4, 0.5) is 0 Å². The third-order valence-corrected chi connectivity index (χ3v) is 2.76. The molecule has 0 radical (unpaired) electrons. The van der Waals surface area contributed by atoms with E-state index in [-0.39, 0.29) is 6.10 Å². The summed E-state index contributed by atoms with van der Waals surface area (Å²) >= 11 is 5.16. The maximum absolute atomic E-state index is 5.59. The first-order valence-corrected chi connectivity index (χ1v) is 5.50. The van der Waals surface area contributed by atoms with Crippen LogP contribution in [0.2, 0.25) is 0 Å². The second-order valence-electron chi connectivity index (χ2n) is 3.54. The van der Waals surface area contributed by atoms with E-state index in [9.17, 15) is 0 Å². The summed E-state index contributed by atoms with van der Waals surface area (Å²) < 4.78 is 8.34. The molecule has 1 aliphatic rings. The summed E-state index contributed by atoms with van der Waals surface area (Å²) in [5, 5.41) is 7.07. The van der Waals surface area contributed by atoms with Gasteiger partial charge in [-0.2, -0.15) is 5.10 Å². The van der Waals surface area contributed by atoms with Crippen LogP contribution < -0.4 is 0 Å². The Labute approximate surface area is 88.3 Å². The third kappa shape index (κ3) is 1.74. The van der Waals surface area contributed by atoms with Crippen LogP contribution in [0.3, 0.4) is 0 Å². The average molecular weight is 213 g/mol. The van der Waals surface area contributed by atoms with Gasteiger partial charge in [-0.25, -0.2) is 0 Å². The van der Waals surface area contributed by atoms with Gasteiger partial charge in [-0.3, -0.25) is 5.10 Å². The zero-order valence-electron chi connectivity index (χ0n) is 8.32. The first-order chi connectivity index (χ1) is 6.83. The molecule has 1 atom stereocenters. The molecule has 0 aliphatic carbocycles. The van der Waals surface area contributed by atoms with Crippen LogP contribution in [0.1, 0.15) is 38.1 Å². The van der Waals surface area contributed by atoms with Crippen molar-refractivity contribution < 1.29 is 4.74 Å². The van der Waals surface area contributed by atoms with E-state index in [1.54, 1.807) is 0 Å². The SMILES string of the molecule is CCCn1c(C2CCCO2)n[nH]c1=S. The maximum Gasteiger partial charge on any atom is 0.195 e. The first-order valence-electron chi connectivity index (χ1n) is 5.09. The van der Waals surface area contributed by atoms with Crippen molar-refractivity contribution >= 4 is 12.2 Å². The molecule has 0 aromatic carbocycles. The predicted molar refractivity (Wildman–Crippen MR) is 55.6 cm³/mol. The Bertz CT molecular complexity index is 351. The molecule has 1 aliphatic heterocycles. The number of hydrogen-bond donors (Lipinski definition) is 1. The minimum Gasteiger partial charge on any atom is -0.370 e. The smallest absolute Gasteiger partial charge is 0.195 e. The van der Waals surface area contributed by atoms with E-state index < -0.39 is 0 Å². The Morgan fingerprint density at radius 1 is 1.71 bits per heavy atom. The van der Waals surface area contributed by atoms with Gasteiger partial charge in [0.1, 0.15) is 6.10 Å². The lowest BCUT2D eigenvalue weighted by molar-refractivity contribution is 0.101. The molecule has 1 N–H and O–H groups in total. The molecule has 1 fully saturated rings. The number of ether oxygens (including phenoxy) is 1. The molecule has 1 aromatic heterocycles. The van der Waals surface area contributed by atoms with Crippen molar-refractivity contribution in [2.45, 2.75) is 38.8 Å². The normalized spacial score (nSPS) is 21.6. The number of hydrogen-bond acceptors (Lipinski definition) is 3. The molecule has 2 heterocycles. The topological polar surface area (TPSA) is 42.8 Å². The highest BCUT2D eigenvalue weighted by Crippen LogP contribution is 2.26. The zero-order valence-corrected chi connectivity index (χ0v) is 9.14. The van der Waals surface area contributed by atoms with Gasteiger partial charge in [-0.05, 0) is 31.5 Å². The molecule has 0 bridgehead atoms. The largest absolute Gasteiger partial charge is 0.370 e. The summed E-state index contributed by atoms with van der Waals surface area (Å²) in [7, 11) is 0. The predicted octanol–water partition coefficient (Wildman–Crippen LogP) is 2.20. The van der Waals surface area contributed by atoms with Crippen LogP contribution >= 0.6 is 12.2 Å². The Balaban J connectivity index is 2.27. The van der Waals surface area contributed by atoms with E-state index in [1.165, 1.54) is 0 Å². The quantitative estimate of drug-likeness (QED) is 0.783. The van der Waals surface area contributed by atoms with Gasteiger partial charge in [0.05, 0.1) is 0 Å². The number of aromatic amines is 1. The van der Waals surface area contributed by atoms with Crippen LogP contribution in [0.15, 0.2) is 0 Å². The molecular weight excluding hydrogens is 198 g/mol. The van der Waals surface area contributed by atoms with Crippen molar-refractivity contribution in [1.82, 2.24) is 14.8 Å². The maximum atomic E-state index is 5.59. The minimum absolute atomic E-state index is 0.148. The minimum atomic E-state index is 0.148. The Morgan fingerprint density at radius 3 is 3.21 bits per heavy atom. The van der Waals surface area contributed by atoms with E-state index in [4.69, 9.17) is 17.0 Å². The molecule has 4 nitrogen and oxygen atoms in total. The first kappa shape index (κ1) is 9.86. The highest BCUT2D eigenvalue weighted by Gasteiger charge is 2.22. The molecule has 5 heteroatoms. The Hall–Kier alpha value is -0.680. The number of H-pyrrole nitrogens is 1. The number of nitrogens with zero attached hydrogens (tertiary/aromatic N) is 2. The fourth-order valence-electron chi connectivity index (χ4n) is 1.80. The van der Waals surface area contributed by atoms with Gasteiger partial charge in [0.2, 0.25) is 0 Å². The van der Waals surface area contributed by atoms with Gasteiger partial charge in [0, 0.05) is 13.2 Å². The van der Waals surface area contributed by atoms with E-state index >= 15 is 0 Å². The molecule has 14 heavy (non-hydrogen) atoms. The van der Waals surface area contributed by atoms with Crippen LogP contribution in [-0.2, 0) is 11.3 Å². The van der Waals surface area contributed by atoms with Crippen LogP contribution in [-0.4, -0.2) is 21.4 Å². The van der Waals surface area contributed by atoms with Gasteiger partial charge in [0.15, 0.2) is 10.6 Å². The van der Waals surface area contributed by atoms with Crippen molar-refractivity contribution in [2.75, 3.05) is 6.61 Å². The molecule has 2 rings (SSSR count). The van der Waals surface area contributed by atoms with Gasteiger partial charge in [0.25, 0.3) is 0 Å². The van der Waals surface area contributed by atoms with E-state index in [0.29, 0.717) is 4.77 Å². The number of rotatable bonds is 3. The lowest BCUT2D eigenvalue weighted by Gasteiger charge is -2.10. The highest BCUT2D eigenvalue weighted by molar-refractivity contribution is 7.71. The molecule has 0 spiro atoms. The van der Waals surface area contributed by atoms with Crippen molar-refractivity contribution in [3.05, 3.63) is 10.6 Å². The van der Waals surface area contributed by atoms with Gasteiger partial charge >= 0.3 is 0 Å². The molecule has 1 unspecified atom stereocenters. The highest BCUT2D eigenvalue weighted by atomic mass is 32.1. The summed E-state index contributed by atoms with van der Waals surface area (Å²) in [6.07, 6.45) is 3.39. The van der Waals surface area contributed by atoms with Gasteiger partial charge in [-0.1, -0.05) is 6.92 Å². The molecule has 0 saturated carbocycles. The van der Waals surface area contributed by atoms with Crippen molar-refractivity contribution in [2.24, 2.45) is 0 Å². The van der Waals surface area contributed by atoms with Gasteiger partial charge < -0.3 is 9.30 Å². The Morgan fingerprint density at radius 2 is 2.57 bits per heavy atom. The van der Waals surface area contributed by atoms with Gasteiger partial charge in [-0.15, -0.1) is 0 Å². The monoisotopic (exact) mass is 213 g/mol. The second kappa shape index (κ2) is 4.23. The fraction of sp³-hybridized carbons (Fsp3) is 0.778. The second-order valence-corrected chi connectivity index (χ2v) is 3.93. The van der Waals surface area contributed by atoms with Crippen LogP contribution in [0.5, 0.6) is 0 Å². The average Bonchev–Trinajstić information content (AvgIpc) is 2.77. The molecule has 1 saturated heterocycles. The lowest BCUT2D eigenvalue weighted by atomic mass is 10.2. The van der Waals surface area contributed by atoms with Crippen LogP contribution in [0.25, 0.3) is 0 Å². The fourth-order valence-corrected chi connectivity index (χ4v) is 2.03. The van der Waals surface area contributed by atoms with Crippen molar-refractivity contribution in [3.63, 3.8) is 0 Å². The lowest BCUT2D eigenvalue weighted by Crippen LogP contribution is -2.08. The third-order valence-electron chi connectivity index (χ3n) is 2.45. The number of aromatic nitrogens is 3. The Kier molecular flexibility index (Phi) is 2.98. The van der Waals surface area contributed by atoms with Crippen LogP contribution in [0, 0.1) is 4.77 Å². The molecular formula is C9H15N3OS. The summed E-state index contributed by atoms with van der Waals surface area (Å²) in [4.78, 5) is 0. The standard InChI is InChI=1S/C9H15N3OS/c1-2-5-12-8(10-11-9(12)14)7-4-3-6-13-7/h7H,2-6H2,1H3,(H,11,14). The molecule has 1 aromatic rings. The van der Waals surface area contributed by atoms with E-state index in [1.807, 2.05) is 4.57 Å². The summed E-state index contributed by atoms with van der Waals surface area (Å²) in [5.41, 5.74) is 0. The summed E-state index contributed by atoms with van der Waals surface area (Å²) in [6, 6.07) is 0. The van der Waals surface area contributed by atoms with E-state index in [2.05, 4.69) is 17.1 Å². The van der Waals surface area contributed by atoms with Crippen molar-refractivity contribution in [1.29, 1.82) is 0 Å².